The number of nitrogens with one attached hydrogen (secondary N) is 2. The van der Waals surface area contributed by atoms with E-state index in [1.807, 2.05) is 34.0 Å². The van der Waals surface area contributed by atoms with Gasteiger partial charge >= 0.3 is 0 Å². The van der Waals surface area contributed by atoms with Crippen molar-refractivity contribution in [1.29, 1.82) is 0 Å². The van der Waals surface area contributed by atoms with Crippen molar-refractivity contribution >= 4 is 11.8 Å². The van der Waals surface area contributed by atoms with Gasteiger partial charge in [0, 0.05) is 30.9 Å². The molecule has 0 saturated heterocycles. The van der Waals surface area contributed by atoms with Crippen LogP contribution in [0.3, 0.4) is 0 Å². The quantitative estimate of drug-likeness (QED) is 0.795. The maximum absolute atomic E-state index is 13.0. The van der Waals surface area contributed by atoms with Gasteiger partial charge in [-0.1, -0.05) is 20.8 Å². The summed E-state index contributed by atoms with van der Waals surface area (Å²) in [6, 6.07) is 4.53. The molecule has 0 saturated carbocycles. The van der Waals surface area contributed by atoms with E-state index in [0.29, 0.717) is 12.1 Å². The SMILES string of the molecule is CCc1nn(C)cc1CNC(=O)C(NC(=O)c1ccc(F)cc1)C(C)C. The summed E-state index contributed by atoms with van der Waals surface area (Å²) in [5.41, 5.74) is 2.20. The Morgan fingerprint density at radius 2 is 1.88 bits per heavy atom. The van der Waals surface area contributed by atoms with Gasteiger partial charge in [-0.3, -0.25) is 14.3 Å². The van der Waals surface area contributed by atoms with Crippen molar-refractivity contribution in [2.24, 2.45) is 13.0 Å². The van der Waals surface area contributed by atoms with Crippen molar-refractivity contribution in [2.45, 2.75) is 39.8 Å². The molecule has 26 heavy (non-hydrogen) atoms. The third-order valence-corrected chi connectivity index (χ3v) is 4.12. The fourth-order valence-electron chi connectivity index (χ4n) is 2.68. The number of amides is 2. The smallest absolute Gasteiger partial charge is 0.251 e. The van der Waals surface area contributed by atoms with E-state index in [4.69, 9.17) is 0 Å². The van der Waals surface area contributed by atoms with Gasteiger partial charge < -0.3 is 10.6 Å². The number of hydrogen-bond donors (Lipinski definition) is 2. The van der Waals surface area contributed by atoms with Crippen LogP contribution in [0.4, 0.5) is 4.39 Å². The van der Waals surface area contributed by atoms with Gasteiger partial charge in [0.25, 0.3) is 5.91 Å². The fourth-order valence-corrected chi connectivity index (χ4v) is 2.68. The second-order valence-corrected chi connectivity index (χ2v) is 6.55. The zero-order chi connectivity index (χ0) is 19.3. The van der Waals surface area contributed by atoms with Crippen molar-refractivity contribution in [3.05, 3.63) is 53.1 Å². The van der Waals surface area contributed by atoms with Gasteiger partial charge in [-0.05, 0) is 36.6 Å². The zero-order valence-electron chi connectivity index (χ0n) is 15.5. The highest BCUT2D eigenvalue weighted by atomic mass is 19.1. The molecule has 1 aromatic carbocycles. The van der Waals surface area contributed by atoms with E-state index < -0.39 is 17.8 Å². The van der Waals surface area contributed by atoms with Crippen LogP contribution in [0.5, 0.6) is 0 Å². The van der Waals surface area contributed by atoms with Crippen LogP contribution in [0.25, 0.3) is 0 Å². The van der Waals surface area contributed by atoms with Crippen molar-refractivity contribution in [1.82, 2.24) is 20.4 Å². The number of rotatable bonds is 7. The predicted octanol–water partition coefficient (Wildman–Crippen LogP) is 2.19. The van der Waals surface area contributed by atoms with Crippen molar-refractivity contribution < 1.29 is 14.0 Å². The number of hydrogen-bond acceptors (Lipinski definition) is 3. The lowest BCUT2D eigenvalue weighted by atomic mass is 10.0. The van der Waals surface area contributed by atoms with Gasteiger partial charge in [0.2, 0.25) is 5.91 Å². The highest BCUT2D eigenvalue weighted by Gasteiger charge is 2.24. The molecule has 2 aromatic rings. The standard InChI is InChI=1S/C19H25FN4O2/c1-5-16-14(11-24(4)23-16)10-21-19(26)17(12(2)3)22-18(25)13-6-8-15(20)9-7-13/h6-9,11-12,17H,5,10H2,1-4H3,(H,21,26)(H,22,25). The average molecular weight is 360 g/mol. The minimum Gasteiger partial charge on any atom is -0.350 e. The molecule has 0 bridgehead atoms. The summed E-state index contributed by atoms with van der Waals surface area (Å²) in [5, 5.41) is 9.94. The second kappa shape index (κ2) is 8.60. The first-order valence-corrected chi connectivity index (χ1v) is 8.67. The van der Waals surface area contributed by atoms with Gasteiger partial charge in [-0.2, -0.15) is 5.10 Å². The predicted molar refractivity (Wildman–Crippen MR) is 96.9 cm³/mol. The molecule has 0 aliphatic carbocycles. The van der Waals surface area contributed by atoms with Crippen LogP contribution in [-0.2, 0) is 24.8 Å². The molecule has 1 atom stereocenters. The fraction of sp³-hybridized carbons (Fsp3) is 0.421. The molecule has 6 nitrogen and oxygen atoms in total. The summed E-state index contributed by atoms with van der Waals surface area (Å²) >= 11 is 0. The van der Waals surface area contributed by atoms with Crippen LogP contribution in [0.1, 0.15) is 42.4 Å². The molecule has 0 radical (unpaired) electrons. The Kier molecular flexibility index (Phi) is 6.49. The molecule has 1 unspecified atom stereocenters. The highest BCUT2D eigenvalue weighted by molar-refractivity contribution is 5.97. The molecule has 1 heterocycles. The van der Waals surface area contributed by atoms with Crippen LogP contribution in [-0.4, -0.2) is 27.6 Å². The number of nitrogens with zero attached hydrogens (tertiary/aromatic N) is 2. The summed E-state index contributed by atoms with van der Waals surface area (Å²) in [6.45, 7) is 6.08. The molecule has 0 spiro atoms. The van der Waals surface area contributed by atoms with Gasteiger partial charge in [0.15, 0.2) is 0 Å². The van der Waals surface area contributed by atoms with Gasteiger partial charge in [-0.25, -0.2) is 4.39 Å². The van der Waals surface area contributed by atoms with E-state index in [1.54, 1.807) is 4.68 Å². The molecule has 2 amide bonds. The summed E-state index contributed by atoms with van der Waals surface area (Å²) in [6.07, 6.45) is 2.65. The minimum atomic E-state index is -0.686. The first-order chi connectivity index (χ1) is 12.3. The minimum absolute atomic E-state index is 0.0982. The summed E-state index contributed by atoms with van der Waals surface area (Å²) < 4.78 is 14.7. The van der Waals surface area contributed by atoms with Crippen LogP contribution in [0.2, 0.25) is 0 Å². The van der Waals surface area contributed by atoms with Crippen molar-refractivity contribution in [3.63, 3.8) is 0 Å². The van der Waals surface area contributed by atoms with Crippen LogP contribution >= 0.6 is 0 Å². The van der Waals surface area contributed by atoms with E-state index in [9.17, 15) is 14.0 Å². The van der Waals surface area contributed by atoms with E-state index in [2.05, 4.69) is 15.7 Å². The van der Waals surface area contributed by atoms with Crippen molar-refractivity contribution in [3.8, 4) is 0 Å². The van der Waals surface area contributed by atoms with Crippen LogP contribution in [0, 0.1) is 11.7 Å². The number of halogens is 1. The monoisotopic (exact) mass is 360 g/mol. The lowest BCUT2D eigenvalue weighted by Crippen LogP contribution is -2.49. The molecule has 0 fully saturated rings. The van der Waals surface area contributed by atoms with Crippen LogP contribution < -0.4 is 10.6 Å². The molecule has 7 heteroatoms. The van der Waals surface area contributed by atoms with Gasteiger partial charge in [0.05, 0.1) is 5.69 Å². The zero-order valence-corrected chi connectivity index (χ0v) is 15.5. The maximum Gasteiger partial charge on any atom is 0.251 e. The Morgan fingerprint density at radius 1 is 1.23 bits per heavy atom. The first-order valence-electron chi connectivity index (χ1n) is 8.67. The second-order valence-electron chi connectivity index (χ2n) is 6.55. The topological polar surface area (TPSA) is 76.0 Å². The Balaban J connectivity index is 2.02. The number of benzene rings is 1. The summed E-state index contributed by atoms with van der Waals surface area (Å²) in [7, 11) is 1.84. The van der Waals surface area contributed by atoms with E-state index in [1.165, 1.54) is 24.3 Å². The first kappa shape index (κ1) is 19.6. The lowest BCUT2D eigenvalue weighted by molar-refractivity contribution is -0.124. The molecule has 1 aromatic heterocycles. The molecule has 2 N–H and O–H groups in total. The molecular formula is C19H25FN4O2. The normalized spacial score (nSPS) is 12.1. The summed E-state index contributed by atoms with van der Waals surface area (Å²) in [5.74, 6) is -1.18. The van der Waals surface area contributed by atoms with E-state index in [0.717, 1.165) is 17.7 Å². The molecule has 140 valence electrons. The summed E-state index contributed by atoms with van der Waals surface area (Å²) in [4.78, 5) is 24.9. The van der Waals surface area contributed by atoms with Gasteiger partial charge in [-0.15, -0.1) is 0 Å². The molecular weight excluding hydrogens is 335 g/mol. The number of carbonyl (C=O) groups is 2. The Labute approximate surface area is 152 Å². The molecule has 0 aliphatic heterocycles. The third-order valence-electron chi connectivity index (χ3n) is 4.12. The highest BCUT2D eigenvalue weighted by Crippen LogP contribution is 2.09. The van der Waals surface area contributed by atoms with E-state index >= 15 is 0 Å². The molecule has 2 rings (SSSR count). The van der Waals surface area contributed by atoms with E-state index in [-0.39, 0.29) is 11.8 Å². The number of carbonyl (C=O) groups excluding carboxylic acids is 2. The van der Waals surface area contributed by atoms with Crippen molar-refractivity contribution in [2.75, 3.05) is 0 Å². The molecule has 0 aliphatic rings. The largest absolute Gasteiger partial charge is 0.350 e. The van der Waals surface area contributed by atoms with Crippen LogP contribution in [0.15, 0.2) is 30.5 Å². The number of aryl methyl sites for hydroxylation is 2. The third kappa shape index (κ3) is 4.91. The number of aromatic nitrogens is 2. The van der Waals surface area contributed by atoms with Gasteiger partial charge in [0.1, 0.15) is 11.9 Å². The Bertz CT molecular complexity index is 768. The lowest BCUT2D eigenvalue weighted by Gasteiger charge is -2.21. The Hall–Kier alpha value is -2.70. The Morgan fingerprint density at radius 3 is 2.46 bits per heavy atom. The average Bonchev–Trinajstić information content (AvgIpc) is 2.97. The maximum atomic E-state index is 13.0.